The number of aromatic nitrogens is 4. The number of hydrogen-bond acceptors (Lipinski definition) is 6. The van der Waals surface area contributed by atoms with Crippen molar-refractivity contribution < 1.29 is 14.2 Å². The zero-order valence-electron chi connectivity index (χ0n) is 15.7. The Morgan fingerprint density at radius 2 is 2.18 bits per heavy atom. The third-order valence-corrected chi connectivity index (χ3v) is 5.18. The molecule has 1 aliphatic rings. The number of pyridine rings is 1. The Kier molecular flexibility index (Phi) is 5.43. The summed E-state index contributed by atoms with van der Waals surface area (Å²) in [6.45, 7) is 4.66. The van der Waals surface area contributed by atoms with Crippen LogP contribution in [0.2, 0.25) is 0 Å². The van der Waals surface area contributed by atoms with Gasteiger partial charge in [0.1, 0.15) is 17.9 Å². The van der Waals surface area contributed by atoms with E-state index in [0.29, 0.717) is 24.7 Å². The molecule has 4 rings (SSSR count). The van der Waals surface area contributed by atoms with Gasteiger partial charge in [-0.15, -0.1) is 0 Å². The lowest BCUT2D eigenvalue weighted by atomic mass is 9.96. The first-order valence-electron chi connectivity index (χ1n) is 9.14. The molecule has 0 saturated carbocycles. The highest BCUT2D eigenvalue weighted by Crippen LogP contribution is 2.40. The second-order valence-corrected chi connectivity index (χ2v) is 7.63. The zero-order valence-corrected chi connectivity index (χ0v) is 17.3. The van der Waals surface area contributed by atoms with Gasteiger partial charge < -0.3 is 14.2 Å². The fraction of sp³-hybridized carbons (Fsp3) is 0.350. The van der Waals surface area contributed by atoms with E-state index in [2.05, 4.69) is 43.0 Å². The Bertz CT molecular complexity index is 933. The minimum absolute atomic E-state index is 0.0465. The van der Waals surface area contributed by atoms with Crippen molar-refractivity contribution in [1.29, 1.82) is 0 Å². The van der Waals surface area contributed by atoms with E-state index in [1.54, 1.807) is 6.20 Å². The zero-order chi connectivity index (χ0) is 19.6. The lowest BCUT2D eigenvalue weighted by Gasteiger charge is -2.29. The maximum absolute atomic E-state index is 6.34. The molecule has 7 nitrogen and oxygen atoms in total. The van der Waals surface area contributed by atoms with Crippen LogP contribution in [-0.4, -0.2) is 32.9 Å². The van der Waals surface area contributed by atoms with Gasteiger partial charge in [0.15, 0.2) is 0 Å². The Hall–Kier alpha value is -2.29. The molecule has 2 aromatic heterocycles. The van der Waals surface area contributed by atoms with Gasteiger partial charge in [-0.2, -0.15) is 5.10 Å². The molecule has 0 bridgehead atoms. The van der Waals surface area contributed by atoms with Crippen LogP contribution in [0.4, 0.5) is 0 Å². The van der Waals surface area contributed by atoms with Gasteiger partial charge in [0.25, 0.3) is 0 Å². The maximum Gasteiger partial charge on any atom is 0.219 e. The Morgan fingerprint density at radius 3 is 2.82 bits per heavy atom. The summed E-state index contributed by atoms with van der Waals surface area (Å²) in [5.41, 5.74) is 1.96. The van der Waals surface area contributed by atoms with Gasteiger partial charge in [-0.1, -0.05) is 6.92 Å². The Morgan fingerprint density at radius 1 is 1.29 bits per heavy atom. The molecule has 3 heterocycles. The van der Waals surface area contributed by atoms with Gasteiger partial charge >= 0.3 is 0 Å². The van der Waals surface area contributed by atoms with E-state index in [1.165, 1.54) is 6.33 Å². The molecule has 0 aliphatic carbocycles. The fourth-order valence-corrected chi connectivity index (χ4v) is 3.54. The van der Waals surface area contributed by atoms with Crippen molar-refractivity contribution in [2.45, 2.75) is 38.6 Å². The molecule has 0 amide bonds. The highest BCUT2D eigenvalue weighted by molar-refractivity contribution is 9.10. The number of ether oxygens (including phenoxy) is 3. The monoisotopic (exact) mass is 444 g/mol. The van der Waals surface area contributed by atoms with Crippen LogP contribution in [-0.2, 0) is 21.7 Å². The van der Waals surface area contributed by atoms with Crippen LogP contribution in [0, 0.1) is 6.92 Å². The van der Waals surface area contributed by atoms with Crippen LogP contribution in [0.5, 0.6) is 11.6 Å². The number of H-pyrrole nitrogens is 1. The first-order valence-corrected chi connectivity index (χ1v) is 9.94. The number of halogens is 1. The van der Waals surface area contributed by atoms with Gasteiger partial charge in [-0.25, -0.2) is 9.97 Å². The molecule has 1 aliphatic heterocycles. The smallest absolute Gasteiger partial charge is 0.219 e. The molecule has 3 aromatic rings. The fourth-order valence-electron chi connectivity index (χ4n) is 3.30. The van der Waals surface area contributed by atoms with Crippen molar-refractivity contribution in [1.82, 2.24) is 20.2 Å². The second kappa shape index (κ2) is 7.98. The summed E-state index contributed by atoms with van der Waals surface area (Å²) < 4.78 is 19.3. The topological polar surface area (TPSA) is 82.2 Å². The van der Waals surface area contributed by atoms with E-state index < -0.39 is 5.79 Å². The molecular weight excluding hydrogens is 424 g/mol. The van der Waals surface area contributed by atoms with Gasteiger partial charge in [0.2, 0.25) is 11.7 Å². The number of nitrogens with one attached hydrogen (secondary N) is 1. The molecule has 2 unspecified atom stereocenters. The number of aromatic amines is 1. The summed E-state index contributed by atoms with van der Waals surface area (Å²) in [7, 11) is 0. The average Bonchev–Trinajstić information content (AvgIpc) is 3.34. The predicted octanol–water partition coefficient (Wildman–Crippen LogP) is 4.28. The number of benzene rings is 1. The molecular formula is C20H21BrN4O3. The van der Waals surface area contributed by atoms with Crippen molar-refractivity contribution in [3.8, 4) is 11.6 Å². The Labute approximate surface area is 171 Å². The van der Waals surface area contributed by atoms with Crippen molar-refractivity contribution in [2.24, 2.45) is 0 Å². The van der Waals surface area contributed by atoms with Gasteiger partial charge in [-0.3, -0.25) is 5.10 Å². The third kappa shape index (κ3) is 3.94. The second-order valence-electron chi connectivity index (χ2n) is 6.71. The van der Waals surface area contributed by atoms with E-state index in [-0.39, 0.29) is 6.10 Å². The summed E-state index contributed by atoms with van der Waals surface area (Å²) >= 11 is 3.37. The van der Waals surface area contributed by atoms with E-state index in [9.17, 15) is 0 Å². The molecule has 2 atom stereocenters. The quantitative estimate of drug-likeness (QED) is 0.610. The molecule has 1 aromatic carbocycles. The van der Waals surface area contributed by atoms with Crippen LogP contribution >= 0.6 is 15.9 Å². The van der Waals surface area contributed by atoms with E-state index >= 15 is 0 Å². The average molecular weight is 445 g/mol. The molecule has 0 radical (unpaired) electrons. The van der Waals surface area contributed by atoms with Crippen molar-refractivity contribution >= 4 is 15.9 Å². The SMILES string of the molecule is CCC1COC(Cc2ncn[nH]2)(c2ccc(Oc3ccc(Br)cn3)cc2C)O1. The molecule has 8 heteroatoms. The minimum atomic E-state index is -0.890. The summed E-state index contributed by atoms with van der Waals surface area (Å²) in [5.74, 6) is 1.07. The van der Waals surface area contributed by atoms with Gasteiger partial charge in [0.05, 0.1) is 19.1 Å². The highest BCUT2D eigenvalue weighted by Gasteiger charge is 2.44. The van der Waals surface area contributed by atoms with Crippen LogP contribution in [0.1, 0.15) is 30.3 Å². The van der Waals surface area contributed by atoms with Crippen molar-refractivity contribution in [2.75, 3.05) is 6.61 Å². The summed E-state index contributed by atoms with van der Waals surface area (Å²) in [4.78, 5) is 8.50. The summed E-state index contributed by atoms with van der Waals surface area (Å²) in [5, 5.41) is 6.84. The number of rotatable bonds is 6. The van der Waals surface area contributed by atoms with Crippen molar-refractivity contribution in [3.63, 3.8) is 0 Å². The predicted molar refractivity (Wildman–Crippen MR) is 106 cm³/mol. The Balaban J connectivity index is 1.62. The van der Waals surface area contributed by atoms with Crippen LogP contribution in [0.25, 0.3) is 0 Å². The third-order valence-electron chi connectivity index (χ3n) is 4.71. The first-order chi connectivity index (χ1) is 13.6. The minimum Gasteiger partial charge on any atom is -0.439 e. The summed E-state index contributed by atoms with van der Waals surface area (Å²) in [6, 6.07) is 9.56. The first kappa shape index (κ1) is 19.0. The van der Waals surface area contributed by atoms with E-state index in [1.807, 2.05) is 37.3 Å². The molecule has 1 fully saturated rings. The van der Waals surface area contributed by atoms with E-state index in [4.69, 9.17) is 14.2 Å². The summed E-state index contributed by atoms with van der Waals surface area (Å²) in [6.07, 6.45) is 4.58. The van der Waals surface area contributed by atoms with E-state index in [0.717, 1.165) is 27.8 Å². The molecule has 28 heavy (non-hydrogen) atoms. The van der Waals surface area contributed by atoms with Crippen LogP contribution < -0.4 is 4.74 Å². The lowest BCUT2D eigenvalue weighted by Crippen LogP contribution is -2.32. The number of aryl methyl sites for hydroxylation is 1. The molecule has 1 N–H and O–H groups in total. The largest absolute Gasteiger partial charge is 0.439 e. The van der Waals surface area contributed by atoms with Crippen molar-refractivity contribution in [3.05, 3.63) is 64.3 Å². The van der Waals surface area contributed by atoms with Crippen LogP contribution in [0.3, 0.4) is 0 Å². The molecule has 0 spiro atoms. The normalized spacial score (nSPS) is 21.8. The van der Waals surface area contributed by atoms with Gasteiger partial charge in [0, 0.05) is 22.3 Å². The standard InChI is InChI=1S/C20H21BrN4O3/c1-3-15-11-26-20(28-15,9-18-23-12-24-25-18)17-6-5-16(8-13(17)2)27-19-7-4-14(21)10-22-19/h4-8,10,12,15H,3,9,11H2,1-2H3,(H,23,24,25). The molecule has 146 valence electrons. The lowest BCUT2D eigenvalue weighted by molar-refractivity contribution is -0.177. The van der Waals surface area contributed by atoms with Gasteiger partial charge in [-0.05, 0) is 59.1 Å². The highest BCUT2D eigenvalue weighted by atomic mass is 79.9. The van der Waals surface area contributed by atoms with Crippen LogP contribution in [0.15, 0.2) is 47.3 Å². The number of nitrogens with zero attached hydrogens (tertiary/aromatic N) is 3. The maximum atomic E-state index is 6.34. The number of hydrogen-bond donors (Lipinski definition) is 1. The molecule has 1 saturated heterocycles.